The fourth-order valence-electron chi connectivity index (χ4n) is 2.42. The molecule has 7 nitrogen and oxygen atoms in total. The summed E-state index contributed by atoms with van der Waals surface area (Å²) in [5.41, 5.74) is 0.536. The van der Waals surface area contributed by atoms with Crippen molar-refractivity contribution in [3.05, 3.63) is 34.3 Å². The minimum absolute atomic E-state index is 0.163. The maximum atomic E-state index is 12.0. The summed E-state index contributed by atoms with van der Waals surface area (Å²) in [5.74, 6) is -0.0542. The Labute approximate surface area is 168 Å². The van der Waals surface area contributed by atoms with Gasteiger partial charge in [-0.3, -0.25) is 9.59 Å². The fourth-order valence-corrected chi connectivity index (χ4v) is 2.68. The summed E-state index contributed by atoms with van der Waals surface area (Å²) in [4.78, 5) is 35.6. The van der Waals surface area contributed by atoms with E-state index in [0.29, 0.717) is 24.6 Å². The van der Waals surface area contributed by atoms with Crippen LogP contribution in [0.15, 0.2) is 28.7 Å². The van der Waals surface area contributed by atoms with Crippen molar-refractivity contribution in [2.75, 3.05) is 19.7 Å². The van der Waals surface area contributed by atoms with E-state index in [4.69, 9.17) is 4.74 Å². The van der Waals surface area contributed by atoms with Crippen LogP contribution in [0.25, 0.3) is 0 Å². The minimum atomic E-state index is -0.487. The molecule has 1 rings (SSSR count). The molecule has 150 valence electrons. The molecular weight excluding hydrogens is 414 g/mol. The Morgan fingerprint density at radius 1 is 1.11 bits per heavy atom. The maximum Gasteiger partial charge on any atom is 0.407 e. The lowest BCUT2D eigenvalue weighted by molar-refractivity contribution is -0.121. The number of carbonyl (C=O) groups excluding carboxylic acids is 3. The van der Waals surface area contributed by atoms with Crippen LogP contribution in [0.3, 0.4) is 0 Å². The van der Waals surface area contributed by atoms with Gasteiger partial charge in [0, 0.05) is 35.6 Å². The van der Waals surface area contributed by atoms with Crippen molar-refractivity contribution >= 4 is 33.8 Å². The van der Waals surface area contributed by atoms with Crippen LogP contribution in [0.1, 0.15) is 44.0 Å². The third-order valence-electron chi connectivity index (χ3n) is 3.64. The van der Waals surface area contributed by atoms with E-state index in [-0.39, 0.29) is 30.8 Å². The SMILES string of the molecule is CCOC(=O)NC(CNC(=O)CCNC(=O)c1ccc(Br)cc1)CC(C)C. The van der Waals surface area contributed by atoms with Gasteiger partial charge in [0.25, 0.3) is 5.91 Å². The highest BCUT2D eigenvalue weighted by atomic mass is 79.9. The van der Waals surface area contributed by atoms with E-state index in [2.05, 4.69) is 31.9 Å². The lowest BCUT2D eigenvalue weighted by Gasteiger charge is -2.20. The van der Waals surface area contributed by atoms with E-state index in [9.17, 15) is 14.4 Å². The van der Waals surface area contributed by atoms with Gasteiger partial charge in [0.1, 0.15) is 0 Å². The third-order valence-corrected chi connectivity index (χ3v) is 4.17. The van der Waals surface area contributed by atoms with Crippen LogP contribution in [0.5, 0.6) is 0 Å². The van der Waals surface area contributed by atoms with Gasteiger partial charge in [-0.2, -0.15) is 0 Å². The molecule has 3 amide bonds. The molecule has 0 bridgehead atoms. The third kappa shape index (κ3) is 9.98. The van der Waals surface area contributed by atoms with Crippen LogP contribution in [0, 0.1) is 5.92 Å². The number of hydrogen-bond donors (Lipinski definition) is 3. The molecule has 0 aliphatic carbocycles. The molecule has 0 fully saturated rings. The smallest absolute Gasteiger partial charge is 0.407 e. The number of rotatable bonds is 10. The molecule has 1 aromatic rings. The Hall–Kier alpha value is -2.09. The van der Waals surface area contributed by atoms with Gasteiger partial charge >= 0.3 is 6.09 Å². The Morgan fingerprint density at radius 2 is 1.78 bits per heavy atom. The molecule has 0 saturated heterocycles. The van der Waals surface area contributed by atoms with E-state index >= 15 is 0 Å². The van der Waals surface area contributed by atoms with Crippen molar-refractivity contribution in [2.45, 2.75) is 39.7 Å². The van der Waals surface area contributed by atoms with Crippen molar-refractivity contribution in [1.29, 1.82) is 0 Å². The van der Waals surface area contributed by atoms with Gasteiger partial charge in [-0.05, 0) is 43.5 Å². The number of carbonyl (C=O) groups is 3. The number of nitrogens with one attached hydrogen (secondary N) is 3. The van der Waals surface area contributed by atoms with Gasteiger partial charge < -0.3 is 20.7 Å². The highest BCUT2D eigenvalue weighted by Gasteiger charge is 2.16. The van der Waals surface area contributed by atoms with Crippen LogP contribution in [-0.4, -0.2) is 43.6 Å². The second-order valence-electron chi connectivity index (χ2n) is 6.51. The standard InChI is InChI=1S/C19H28BrN3O4/c1-4-27-19(26)23-16(11-13(2)3)12-22-17(24)9-10-21-18(25)14-5-7-15(20)8-6-14/h5-8,13,16H,4,9-12H2,1-3H3,(H,21,25)(H,22,24)(H,23,26). The molecule has 8 heteroatoms. The van der Waals surface area contributed by atoms with Gasteiger partial charge in [-0.15, -0.1) is 0 Å². The Balaban J connectivity index is 2.35. The topological polar surface area (TPSA) is 96.5 Å². The molecule has 1 atom stereocenters. The first-order valence-electron chi connectivity index (χ1n) is 9.05. The number of amides is 3. The zero-order valence-corrected chi connectivity index (χ0v) is 17.6. The van der Waals surface area contributed by atoms with E-state index in [1.807, 2.05) is 13.8 Å². The van der Waals surface area contributed by atoms with Crippen LogP contribution < -0.4 is 16.0 Å². The first-order valence-corrected chi connectivity index (χ1v) is 9.84. The van der Waals surface area contributed by atoms with Crippen LogP contribution in [0.2, 0.25) is 0 Å². The minimum Gasteiger partial charge on any atom is -0.450 e. The molecule has 0 radical (unpaired) electrons. The lowest BCUT2D eigenvalue weighted by atomic mass is 10.0. The molecule has 0 saturated carbocycles. The van der Waals surface area contributed by atoms with Gasteiger partial charge in [0.15, 0.2) is 0 Å². The van der Waals surface area contributed by atoms with Crippen molar-refractivity contribution < 1.29 is 19.1 Å². The maximum absolute atomic E-state index is 12.0. The summed E-state index contributed by atoms with van der Waals surface area (Å²) in [6.07, 6.45) is 0.398. The predicted octanol–water partition coefficient (Wildman–Crippen LogP) is 2.85. The normalized spacial score (nSPS) is 11.6. The lowest BCUT2D eigenvalue weighted by Crippen LogP contribution is -2.45. The molecule has 0 aliphatic rings. The van der Waals surface area contributed by atoms with Crippen LogP contribution >= 0.6 is 15.9 Å². The average molecular weight is 442 g/mol. The van der Waals surface area contributed by atoms with Crippen LogP contribution in [0.4, 0.5) is 4.79 Å². The van der Waals surface area contributed by atoms with Crippen LogP contribution in [-0.2, 0) is 9.53 Å². The largest absolute Gasteiger partial charge is 0.450 e. The summed E-state index contributed by atoms with van der Waals surface area (Å²) in [5, 5.41) is 8.26. The summed E-state index contributed by atoms with van der Waals surface area (Å²) >= 11 is 3.31. The molecule has 27 heavy (non-hydrogen) atoms. The molecule has 1 aromatic carbocycles. The molecule has 3 N–H and O–H groups in total. The van der Waals surface area contributed by atoms with Crippen molar-refractivity contribution in [3.8, 4) is 0 Å². The first-order chi connectivity index (χ1) is 12.8. The highest BCUT2D eigenvalue weighted by Crippen LogP contribution is 2.10. The molecule has 0 aromatic heterocycles. The van der Waals surface area contributed by atoms with Gasteiger partial charge in [0.05, 0.1) is 6.61 Å². The number of benzene rings is 1. The van der Waals surface area contributed by atoms with Crippen molar-refractivity contribution in [1.82, 2.24) is 16.0 Å². The van der Waals surface area contributed by atoms with Gasteiger partial charge in [-0.1, -0.05) is 29.8 Å². The second-order valence-corrected chi connectivity index (χ2v) is 7.42. The number of halogens is 1. The fraction of sp³-hybridized carbons (Fsp3) is 0.526. The van der Waals surface area contributed by atoms with Crippen molar-refractivity contribution in [3.63, 3.8) is 0 Å². The molecular formula is C19H28BrN3O4. The zero-order valence-electron chi connectivity index (χ0n) is 16.0. The summed E-state index contributed by atoms with van der Waals surface area (Å²) in [6, 6.07) is 6.78. The Kier molecular flexibility index (Phi) is 10.5. The molecule has 0 heterocycles. The number of ether oxygens (including phenoxy) is 1. The van der Waals surface area contributed by atoms with Gasteiger partial charge in [-0.25, -0.2) is 4.79 Å². The second kappa shape index (κ2) is 12.3. The number of alkyl carbamates (subject to hydrolysis) is 1. The summed E-state index contributed by atoms with van der Waals surface area (Å²) in [7, 11) is 0. The van der Waals surface area contributed by atoms with E-state index in [1.54, 1.807) is 31.2 Å². The summed E-state index contributed by atoms with van der Waals surface area (Å²) in [6.45, 7) is 6.67. The van der Waals surface area contributed by atoms with E-state index in [1.165, 1.54) is 0 Å². The van der Waals surface area contributed by atoms with E-state index in [0.717, 1.165) is 10.9 Å². The average Bonchev–Trinajstić information content (AvgIpc) is 2.60. The molecule has 0 aliphatic heterocycles. The van der Waals surface area contributed by atoms with E-state index < -0.39 is 6.09 Å². The highest BCUT2D eigenvalue weighted by molar-refractivity contribution is 9.10. The first kappa shape index (κ1) is 23.0. The number of hydrogen-bond acceptors (Lipinski definition) is 4. The quantitative estimate of drug-likeness (QED) is 0.519. The van der Waals surface area contributed by atoms with Crippen molar-refractivity contribution in [2.24, 2.45) is 5.92 Å². The zero-order chi connectivity index (χ0) is 20.2. The molecule has 0 spiro atoms. The monoisotopic (exact) mass is 441 g/mol. The predicted molar refractivity (Wildman–Crippen MR) is 108 cm³/mol. The van der Waals surface area contributed by atoms with Gasteiger partial charge in [0.2, 0.25) is 5.91 Å². The summed E-state index contributed by atoms with van der Waals surface area (Å²) < 4.78 is 5.78. The molecule has 1 unspecified atom stereocenters. The Bertz CT molecular complexity index is 620. The Morgan fingerprint density at radius 3 is 2.37 bits per heavy atom.